The predicted octanol–water partition coefficient (Wildman–Crippen LogP) is 3.16. The van der Waals surface area contributed by atoms with Crippen LogP contribution in [0.1, 0.15) is 39.0 Å². The maximum Gasteiger partial charge on any atom is 0.0640 e. The van der Waals surface area contributed by atoms with E-state index in [4.69, 9.17) is 4.74 Å². The highest BCUT2D eigenvalue weighted by Gasteiger charge is 2.09. The molecule has 70 valence electrons. The van der Waals surface area contributed by atoms with E-state index >= 15 is 0 Å². The second-order valence-electron chi connectivity index (χ2n) is 3.84. The third-order valence-corrected chi connectivity index (χ3v) is 2.69. The van der Waals surface area contributed by atoms with Gasteiger partial charge in [0.15, 0.2) is 0 Å². The Morgan fingerprint density at radius 1 is 1.17 bits per heavy atom. The fourth-order valence-electron chi connectivity index (χ4n) is 1.40. The second kappa shape index (κ2) is 5.36. The molecule has 0 atom stereocenters. The van der Waals surface area contributed by atoms with Gasteiger partial charge in [-0.05, 0) is 18.8 Å². The lowest BCUT2D eigenvalue weighted by atomic mass is 9.88. The van der Waals surface area contributed by atoms with Crippen LogP contribution < -0.4 is 0 Å². The van der Waals surface area contributed by atoms with Crippen molar-refractivity contribution < 1.29 is 4.74 Å². The first-order valence-electron chi connectivity index (χ1n) is 5.00. The van der Waals surface area contributed by atoms with Crippen molar-refractivity contribution in [2.45, 2.75) is 45.1 Å². The van der Waals surface area contributed by atoms with E-state index in [0.29, 0.717) is 6.10 Å². The zero-order chi connectivity index (χ0) is 8.81. The van der Waals surface area contributed by atoms with Crippen molar-refractivity contribution in [1.82, 2.24) is 0 Å². The number of hydrogen-bond acceptors (Lipinski definition) is 1. The summed E-state index contributed by atoms with van der Waals surface area (Å²) >= 11 is 0. The summed E-state index contributed by atoms with van der Waals surface area (Å²) in [7, 11) is 1.76. The van der Waals surface area contributed by atoms with E-state index in [0.717, 1.165) is 18.8 Å². The van der Waals surface area contributed by atoms with Gasteiger partial charge in [-0.15, -0.1) is 0 Å². The van der Waals surface area contributed by atoms with Crippen molar-refractivity contribution in [3.8, 4) is 0 Å². The first kappa shape index (κ1) is 9.79. The molecule has 0 spiro atoms. The van der Waals surface area contributed by atoms with E-state index in [9.17, 15) is 0 Å². The maximum absolute atomic E-state index is 5.05. The summed E-state index contributed by atoms with van der Waals surface area (Å²) in [6, 6.07) is 0. The van der Waals surface area contributed by atoms with Crippen molar-refractivity contribution in [3.05, 3.63) is 12.2 Å². The number of rotatable bonds is 1. The van der Waals surface area contributed by atoms with Crippen LogP contribution in [-0.4, -0.2) is 13.2 Å². The molecule has 0 radical (unpaired) electrons. The Kier molecular flexibility index (Phi) is 4.37. The molecule has 0 aromatic carbocycles. The van der Waals surface area contributed by atoms with Crippen molar-refractivity contribution in [2.24, 2.45) is 5.92 Å². The Balaban J connectivity index is 0.000000127. The zero-order valence-electron chi connectivity index (χ0n) is 8.25. The normalized spacial score (nSPS) is 23.2. The molecule has 1 fully saturated rings. The number of methoxy groups -OCH3 is 1. The van der Waals surface area contributed by atoms with Gasteiger partial charge in [-0.25, -0.2) is 0 Å². The van der Waals surface area contributed by atoms with Crippen LogP contribution in [0, 0.1) is 5.92 Å². The van der Waals surface area contributed by atoms with Crippen LogP contribution >= 0.6 is 0 Å². The van der Waals surface area contributed by atoms with Crippen molar-refractivity contribution in [2.75, 3.05) is 7.11 Å². The summed E-state index contributed by atoms with van der Waals surface area (Å²) < 4.78 is 5.05. The van der Waals surface area contributed by atoms with Crippen molar-refractivity contribution in [1.29, 1.82) is 0 Å². The highest BCUT2D eigenvalue weighted by atomic mass is 16.5. The average Bonchev–Trinajstić information content (AvgIpc) is 2.53. The molecule has 0 aromatic rings. The lowest BCUT2D eigenvalue weighted by Gasteiger charge is -2.18. The average molecular weight is 168 g/mol. The van der Waals surface area contributed by atoms with Gasteiger partial charge >= 0.3 is 0 Å². The van der Waals surface area contributed by atoms with Gasteiger partial charge in [-0.3, -0.25) is 0 Å². The molecule has 1 saturated carbocycles. The largest absolute Gasteiger partial charge is 0.381 e. The van der Waals surface area contributed by atoms with E-state index in [1.807, 2.05) is 0 Å². The van der Waals surface area contributed by atoms with Gasteiger partial charge in [0.05, 0.1) is 6.10 Å². The SMILES string of the molecule is CC1CCC1.COC1CC=CC1. The summed E-state index contributed by atoms with van der Waals surface area (Å²) in [5, 5.41) is 0. The van der Waals surface area contributed by atoms with E-state index in [-0.39, 0.29) is 0 Å². The topological polar surface area (TPSA) is 9.23 Å². The maximum atomic E-state index is 5.05. The van der Waals surface area contributed by atoms with Gasteiger partial charge in [0.2, 0.25) is 0 Å². The highest BCUT2D eigenvalue weighted by molar-refractivity contribution is 4.94. The summed E-state index contributed by atoms with van der Waals surface area (Å²) in [6.07, 6.45) is 11.5. The molecule has 1 heteroatoms. The third kappa shape index (κ3) is 3.40. The molecular formula is C11H20O. The van der Waals surface area contributed by atoms with E-state index in [2.05, 4.69) is 19.1 Å². The Hall–Kier alpha value is -0.300. The molecule has 12 heavy (non-hydrogen) atoms. The van der Waals surface area contributed by atoms with Gasteiger partial charge < -0.3 is 4.74 Å². The Morgan fingerprint density at radius 3 is 1.83 bits per heavy atom. The van der Waals surface area contributed by atoms with Crippen LogP contribution in [0.25, 0.3) is 0 Å². The fourth-order valence-corrected chi connectivity index (χ4v) is 1.40. The molecule has 2 aliphatic rings. The number of hydrogen-bond donors (Lipinski definition) is 0. The van der Waals surface area contributed by atoms with E-state index in [1.54, 1.807) is 7.11 Å². The lowest BCUT2D eigenvalue weighted by Crippen LogP contribution is -2.04. The van der Waals surface area contributed by atoms with Gasteiger partial charge in [0, 0.05) is 7.11 Å². The van der Waals surface area contributed by atoms with Crippen LogP contribution in [0.5, 0.6) is 0 Å². The molecule has 2 aliphatic carbocycles. The van der Waals surface area contributed by atoms with Gasteiger partial charge in [-0.1, -0.05) is 38.3 Å². The first-order valence-corrected chi connectivity index (χ1v) is 5.00. The van der Waals surface area contributed by atoms with Crippen LogP contribution in [0.4, 0.5) is 0 Å². The Morgan fingerprint density at radius 2 is 1.67 bits per heavy atom. The summed E-state index contributed by atoms with van der Waals surface area (Å²) in [5.74, 6) is 1.06. The summed E-state index contributed by atoms with van der Waals surface area (Å²) in [4.78, 5) is 0. The molecule has 0 unspecified atom stereocenters. The molecule has 0 aliphatic heterocycles. The minimum Gasteiger partial charge on any atom is -0.381 e. The molecule has 0 N–H and O–H groups in total. The first-order chi connectivity index (χ1) is 5.83. The monoisotopic (exact) mass is 168 g/mol. The predicted molar refractivity (Wildman–Crippen MR) is 52.2 cm³/mol. The standard InChI is InChI=1S/C6H10O.C5H10/c1-7-6-4-2-3-5-6;1-5-3-2-4-5/h2-3,6H,4-5H2,1H3;5H,2-4H2,1H3. The smallest absolute Gasteiger partial charge is 0.0640 e. The number of ether oxygens (including phenoxy) is 1. The molecule has 0 bridgehead atoms. The van der Waals surface area contributed by atoms with E-state index < -0.39 is 0 Å². The van der Waals surface area contributed by atoms with Crippen molar-refractivity contribution >= 4 is 0 Å². The van der Waals surface area contributed by atoms with Gasteiger partial charge in [-0.2, -0.15) is 0 Å². The van der Waals surface area contributed by atoms with Gasteiger partial charge in [0.25, 0.3) is 0 Å². The van der Waals surface area contributed by atoms with Crippen molar-refractivity contribution in [3.63, 3.8) is 0 Å². The summed E-state index contributed by atoms with van der Waals surface area (Å²) in [6.45, 7) is 2.31. The minimum atomic E-state index is 0.486. The second-order valence-corrected chi connectivity index (χ2v) is 3.84. The third-order valence-electron chi connectivity index (χ3n) is 2.69. The van der Waals surface area contributed by atoms with Crippen LogP contribution in [0.15, 0.2) is 12.2 Å². The molecule has 0 amide bonds. The fraction of sp³-hybridized carbons (Fsp3) is 0.818. The van der Waals surface area contributed by atoms with Crippen LogP contribution in [0.3, 0.4) is 0 Å². The minimum absolute atomic E-state index is 0.486. The summed E-state index contributed by atoms with van der Waals surface area (Å²) in [5.41, 5.74) is 0. The Labute approximate surface area is 75.8 Å². The molecule has 1 nitrogen and oxygen atoms in total. The van der Waals surface area contributed by atoms with Crippen LogP contribution in [-0.2, 0) is 4.74 Å². The molecular weight excluding hydrogens is 148 g/mol. The molecule has 0 aromatic heterocycles. The van der Waals surface area contributed by atoms with E-state index in [1.165, 1.54) is 19.3 Å². The molecule has 2 rings (SSSR count). The lowest BCUT2D eigenvalue weighted by molar-refractivity contribution is 0.114. The quantitative estimate of drug-likeness (QED) is 0.546. The molecule has 0 saturated heterocycles. The highest BCUT2D eigenvalue weighted by Crippen LogP contribution is 2.24. The molecule has 0 heterocycles. The Bertz CT molecular complexity index is 128. The van der Waals surface area contributed by atoms with Gasteiger partial charge in [0.1, 0.15) is 0 Å². The zero-order valence-corrected chi connectivity index (χ0v) is 8.25. The van der Waals surface area contributed by atoms with Crippen LogP contribution in [0.2, 0.25) is 0 Å².